The summed E-state index contributed by atoms with van der Waals surface area (Å²) in [5, 5.41) is 17.6. The van der Waals surface area contributed by atoms with Crippen molar-refractivity contribution in [3.63, 3.8) is 0 Å². The summed E-state index contributed by atoms with van der Waals surface area (Å²) >= 11 is 0. The maximum Gasteiger partial charge on any atom is 0.309 e. The molecule has 1 aromatic carbocycles. The second-order valence-corrected chi connectivity index (χ2v) is 6.35. The van der Waals surface area contributed by atoms with Gasteiger partial charge in [-0.25, -0.2) is 8.42 Å². The molecule has 1 heterocycles. The number of rotatable bonds is 4. The minimum absolute atomic E-state index is 0.00634. The molecule has 0 bridgehead atoms. The lowest BCUT2D eigenvalue weighted by atomic mass is 10.0. The molecule has 0 atom stereocenters. The summed E-state index contributed by atoms with van der Waals surface area (Å²) in [6, 6.07) is 8.42. The molecule has 0 amide bonds. The number of nitrogens with zero attached hydrogens (tertiary/aromatic N) is 2. The number of carbonyl (C=O) groups is 1. The van der Waals surface area contributed by atoms with E-state index in [1.54, 1.807) is 24.3 Å². The Morgan fingerprint density at radius 2 is 2.05 bits per heavy atom. The monoisotopic (exact) mass is 280 g/mol. The number of aliphatic carboxylic acids is 1. The van der Waals surface area contributed by atoms with Gasteiger partial charge in [0.2, 0.25) is 10.0 Å². The summed E-state index contributed by atoms with van der Waals surface area (Å²) in [6.07, 6.45) is 0. The first kappa shape index (κ1) is 13.5. The van der Waals surface area contributed by atoms with Crippen LogP contribution in [0, 0.1) is 17.2 Å². The highest BCUT2D eigenvalue weighted by Crippen LogP contribution is 2.23. The van der Waals surface area contributed by atoms with Crippen molar-refractivity contribution < 1.29 is 18.3 Å². The molecule has 1 aromatic rings. The minimum Gasteiger partial charge on any atom is -0.481 e. The third kappa shape index (κ3) is 2.75. The quantitative estimate of drug-likeness (QED) is 0.861. The van der Waals surface area contributed by atoms with Crippen LogP contribution >= 0.6 is 0 Å². The van der Waals surface area contributed by atoms with Gasteiger partial charge in [0.05, 0.1) is 23.3 Å². The Labute approximate surface area is 110 Å². The zero-order valence-corrected chi connectivity index (χ0v) is 10.8. The highest BCUT2D eigenvalue weighted by Gasteiger charge is 2.39. The maximum absolute atomic E-state index is 12.0. The summed E-state index contributed by atoms with van der Waals surface area (Å²) in [7, 11) is -3.56. The van der Waals surface area contributed by atoms with Gasteiger partial charge in [0.15, 0.2) is 0 Å². The molecule has 1 fully saturated rings. The lowest BCUT2D eigenvalue weighted by Crippen LogP contribution is -2.53. The largest absolute Gasteiger partial charge is 0.481 e. The standard InChI is InChI=1S/C12H12N2O4S/c13-5-9-3-1-2-4-10(9)8-19(17,18)14-6-11(7-14)12(15)16/h1-4,11H,6-8H2,(H,15,16). The third-order valence-electron chi connectivity index (χ3n) is 3.07. The van der Waals surface area contributed by atoms with Gasteiger partial charge in [0, 0.05) is 13.1 Å². The molecule has 1 saturated heterocycles. The molecule has 0 aliphatic carbocycles. The van der Waals surface area contributed by atoms with E-state index >= 15 is 0 Å². The number of benzene rings is 1. The predicted molar refractivity (Wildman–Crippen MR) is 66.5 cm³/mol. The highest BCUT2D eigenvalue weighted by molar-refractivity contribution is 7.88. The zero-order chi connectivity index (χ0) is 14.0. The fourth-order valence-corrected chi connectivity index (χ4v) is 3.51. The average molecular weight is 280 g/mol. The van der Waals surface area contributed by atoms with E-state index in [1.165, 1.54) is 0 Å². The van der Waals surface area contributed by atoms with Crippen LogP contribution in [0.15, 0.2) is 24.3 Å². The van der Waals surface area contributed by atoms with Crippen LogP contribution < -0.4 is 0 Å². The van der Waals surface area contributed by atoms with E-state index in [1.807, 2.05) is 6.07 Å². The smallest absolute Gasteiger partial charge is 0.309 e. The molecular formula is C12H12N2O4S. The van der Waals surface area contributed by atoms with Gasteiger partial charge in [0.1, 0.15) is 0 Å². The van der Waals surface area contributed by atoms with Crippen LogP contribution in [0.3, 0.4) is 0 Å². The number of carboxylic acids is 1. The van der Waals surface area contributed by atoms with E-state index in [9.17, 15) is 13.2 Å². The molecule has 6 nitrogen and oxygen atoms in total. The highest BCUT2D eigenvalue weighted by atomic mass is 32.2. The minimum atomic E-state index is -3.56. The number of nitriles is 1. The van der Waals surface area contributed by atoms with Crippen LogP contribution in [-0.2, 0) is 20.6 Å². The van der Waals surface area contributed by atoms with Gasteiger partial charge in [-0.15, -0.1) is 0 Å². The molecule has 100 valence electrons. The molecule has 7 heteroatoms. The summed E-state index contributed by atoms with van der Waals surface area (Å²) < 4.78 is 25.2. The van der Waals surface area contributed by atoms with Crippen molar-refractivity contribution in [2.75, 3.05) is 13.1 Å². The van der Waals surface area contributed by atoms with Crippen LogP contribution in [0.25, 0.3) is 0 Å². The fraction of sp³-hybridized carbons (Fsp3) is 0.333. The van der Waals surface area contributed by atoms with Crippen LogP contribution in [0.5, 0.6) is 0 Å². The first-order chi connectivity index (χ1) is 8.94. The van der Waals surface area contributed by atoms with E-state index in [0.717, 1.165) is 4.31 Å². The van der Waals surface area contributed by atoms with Crippen LogP contribution in [0.2, 0.25) is 0 Å². The normalized spacial score (nSPS) is 16.6. The van der Waals surface area contributed by atoms with Crippen molar-refractivity contribution in [2.45, 2.75) is 5.75 Å². The molecule has 19 heavy (non-hydrogen) atoms. The Morgan fingerprint density at radius 3 is 2.63 bits per heavy atom. The van der Waals surface area contributed by atoms with Gasteiger partial charge < -0.3 is 5.11 Å². The number of hydrogen-bond donors (Lipinski definition) is 1. The molecular weight excluding hydrogens is 268 g/mol. The van der Waals surface area contributed by atoms with E-state index < -0.39 is 21.9 Å². The van der Waals surface area contributed by atoms with Crippen LogP contribution in [0.4, 0.5) is 0 Å². The lowest BCUT2D eigenvalue weighted by molar-refractivity contribution is -0.145. The Kier molecular flexibility index (Phi) is 3.55. The van der Waals surface area contributed by atoms with Crippen LogP contribution in [0.1, 0.15) is 11.1 Å². The molecule has 0 unspecified atom stereocenters. The second kappa shape index (κ2) is 4.99. The lowest BCUT2D eigenvalue weighted by Gasteiger charge is -2.35. The Bertz CT molecular complexity index is 642. The van der Waals surface area contributed by atoms with Gasteiger partial charge in [0.25, 0.3) is 0 Å². The van der Waals surface area contributed by atoms with Crippen molar-refractivity contribution in [2.24, 2.45) is 5.92 Å². The zero-order valence-electron chi connectivity index (χ0n) is 9.98. The number of hydrogen-bond acceptors (Lipinski definition) is 4. The first-order valence-electron chi connectivity index (χ1n) is 5.62. The van der Waals surface area contributed by atoms with E-state index in [0.29, 0.717) is 11.1 Å². The number of sulfonamides is 1. The van der Waals surface area contributed by atoms with Gasteiger partial charge in [-0.2, -0.15) is 9.57 Å². The summed E-state index contributed by atoms with van der Waals surface area (Å²) in [4.78, 5) is 10.6. The van der Waals surface area contributed by atoms with Crippen molar-refractivity contribution >= 4 is 16.0 Å². The Hall–Kier alpha value is -1.91. The van der Waals surface area contributed by atoms with Crippen molar-refractivity contribution in [3.05, 3.63) is 35.4 Å². The van der Waals surface area contributed by atoms with Gasteiger partial charge in [-0.05, 0) is 11.6 Å². The molecule has 0 radical (unpaired) electrons. The third-order valence-corrected chi connectivity index (χ3v) is 4.83. The van der Waals surface area contributed by atoms with E-state index in [4.69, 9.17) is 10.4 Å². The summed E-state index contributed by atoms with van der Waals surface area (Å²) in [5.74, 6) is -1.88. The Balaban J connectivity index is 2.11. The molecule has 1 aliphatic rings. The van der Waals surface area contributed by atoms with Gasteiger partial charge >= 0.3 is 5.97 Å². The van der Waals surface area contributed by atoms with Gasteiger partial charge in [-0.1, -0.05) is 18.2 Å². The summed E-state index contributed by atoms with van der Waals surface area (Å²) in [5.41, 5.74) is 0.755. The molecule has 0 aromatic heterocycles. The van der Waals surface area contributed by atoms with Crippen LogP contribution in [-0.4, -0.2) is 36.9 Å². The van der Waals surface area contributed by atoms with Crippen molar-refractivity contribution in [1.82, 2.24) is 4.31 Å². The predicted octanol–water partition coefficient (Wildman–Crippen LogP) is 0.404. The average Bonchev–Trinajstić information content (AvgIpc) is 2.26. The van der Waals surface area contributed by atoms with E-state index in [-0.39, 0.29) is 18.8 Å². The Morgan fingerprint density at radius 1 is 1.42 bits per heavy atom. The van der Waals surface area contributed by atoms with Gasteiger partial charge in [-0.3, -0.25) is 4.79 Å². The van der Waals surface area contributed by atoms with Crippen molar-refractivity contribution in [1.29, 1.82) is 5.26 Å². The van der Waals surface area contributed by atoms with E-state index in [2.05, 4.69) is 0 Å². The SMILES string of the molecule is N#Cc1ccccc1CS(=O)(=O)N1CC(C(=O)O)C1. The fourth-order valence-electron chi connectivity index (χ4n) is 1.86. The second-order valence-electron chi connectivity index (χ2n) is 4.38. The molecule has 0 saturated carbocycles. The molecule has 2 rings (SSSR count). The first-order valence-corrected chi connectivity index (χ1v) is 7.23. The maximum atomic E-state index is 12.0. The van der Waals surface area contributed by atoms with Crippen molar-refractivity contribution in [3.8, 4) is 6.07 Å². The molecule has 1 N–H and O–H groups in total. The molecule has 0 spiro atoms. The number of carboxylic acid groups (broad SMARTS) is 1. The topological polar surface area (TPSA) is 98.5 Å². The molecule has 1 aliphatic heterocycles. The summed E-state index contributed by atoms with van der Waals surface area (Å²) in [6.45, 7) is 0.0127.